The summed E-state index contributed by atoms with van der Waals surface area (Å²) < 4.78 is 2.89. The van der Waals surface area contributed by atoms with Crippen LogP contribution >= 0.6 is 11.6 Å². The van der Waals surface area contributed by atoms with Gasteiger partial charge in [0.2, 0.25) is 5.91 Å². The third kappa shape index (κ3) is 5.10. The number of aromatic nitrogens is 4. The molecular formula is C27H29ClN8O4. The third-order valence-corrected chi connectivity index (χ3v) is 7.37. The smallest absolute Gasteiger partial charge is 0.263 e. The number of nitrogens with zero attached hydrogens (tertiary/aromatic N) is 6. The lowest BCUT2D eigenvalue weighted by Crippen LogP contribution is -2.44. The van der Waals surface area contributed by atoms with E-state index in [1.54, 1.807) is 36.9 Å². The molecule has 0 spiro atoms. The summed E-state index contributed by atoms with van der Waals surface area (Å²) in [5.74, 6) is -0.694. The molecule has 0 aliphatic carbocycles. The number of benzene rings is 1. The quantitative estimate of drug-likeness (QED) is 0.321. The van der Waals surface area contributed by atoms with Crippen molar-refractivity contribution in [2.45, 2.75) is 13.5 Å². The number of hydrogen-bond acceptors (Lipinski definition) is 8. The van der Waals surface area contributed by atoms with E-state index < -0.39 is 5.91 Å². The van der Waals surface area contributed by atoms with E-state index >= 15 is 0 Å². The van der Waals surface area contributed by atoms with Gasteiger partial charge < -0.3 is 35.1 Å². The van der Waals surface area contributed by atoms with Crippen LogP contribution in [0.3, 0.4) is 0 Å². The lowest BCUT2D eigenvalue weighted by atomic mass is 9.99. The highest BCUT2D eigenvalue weighted by molar-refractivity contribution is 6.33. The monoisotopic (exact) mass is 564 g/mol. The zero-order chi connectivity index (χ0) is 28.7. The number of fused-ring (bicyclic) bond motifs is 1. The van der Waals surface area contributed by atoms with Crippen LogP contribution in [-0.4, -0.2) is 74.1 Å². The Balaban J connectivity index is 1.49. The zero-order valence-electron chi connectivity index (χ0n) is 22.3. The molecule has 0 saturated carbocycles. The van der Waals surface area contributed by atoms with Gasteiger partial charge in [0.05, 0.1) is 34.2 Å². The molecule has 3 aromatic heterocycles. The standard InChI is InChI=1S/C27H29ClN8O4/c1-15-8-16(9-17(24(15)38)25(29)39)18-12-36(26-23(18)27(40)34(3)14-31-26)13-22(37)32-20-10-21(30-11-19(20)28)35-6-4-33(2)5-7-35/h8-12,14,38H,4-7,13H2,1-3H3,(H2,29,39)(H,30,32,37). The summed E-state index contributed by atoms with van der Waals surface area (Å²) >= 11 is 6.37. The van der Waals surface area contributed by atoms with Crippen LogP contribution in [0.2, 0.25) is 5.02 Å². The second-order valence-electron chi connectivity index (χ2n) is 9.94. The van der Waals surface area contributed by atoms with Gasteiger partial charge in [-0.15, -0.1) is 0 Å². The molecule has 0 atom stereocenters. The molecule has 1 saturated heterocycles. The first-order valence-electron chi connectivity index (χ1n) is 12.6. The first-order chi connectivity index (χ1) is 19.0. The summed E-state index contributed by atoms with van der Waals surface area (Å²) in [6.07, 6.45) is 4.52. The summed E-state index contributed by atoms with van der Waals surface area (Å²) in [6, 6.07) is 4.82. The van der Waals surface area contributed by atoms with Gasteiger partial charge in [-0.05, 0) is 37.2 Å². The largest absolute Gasteiger partial charge is 0.507 e. The van der Waals surface area contributed by atoms with E-state index in [1.807, 2.05) is 0 Å². The van der Waals surface area contributed by atoms with Crippen molar-refractivity contribution in [3.8, 4) is 16.9 Å². The molecule has 208 valence electrons. The summed E-state index contributed by atoms with van der Waals surface area (Å²) in [5, 5.41) is 13.7. The average molecular weight is 565 g/mol. The second kappa shape index (κ2) is 10.6. The number of rotatable bonds is 6. The van der Waals surface area contributed by atoms with Crippen LogP contribution in [0.1, 0.15) is 15.9 Å². The SMILES string of the molecule is Cc1cc(-c2cn(CC(=O)Nc3cc(N4CCN(C)CC4)ncc3Cl)c3ncn(C)c(=O)c23)cc(C(N)=O)c1O. The fourth-order valence-corrected chi connectivity index (χ4v) is 4.95. The van der Waals surface area contributed by atoms with Crippen molar-refractivity contribution in [2.24, 2.45) is 12.8 Å². The maximum Gasteiger partial charge on any atom is 0.263 e. The molecule has 13 heteroatoms. The Morgan fingerprint density at radius 1 is 1.12 bits per heavy atom. The molecule has 1 aliphatic rings. The maximum absolute atomic E-state index is 13.2. The summed E-state index contributed by atoms with van der Waals surface area (Å²) in [7, 11) is 3.64. The number of carbonyl (C=O) groups is 2. The molecule has 1 aromatic carbocycles. The predicted molar refractivity (Wildman–Crippen MR) is 153 cm³/mol. The van der Waals surface area contributed by atoms with Crippen LogP contribution in [0, 0.1) is 6.92 Å². The molecule has 1 aliphatic heterocycles. The highest BCUT2D eigenvalue weighted by Crippen LogP contribution is 2.33. The predicted octanol–water partition coefficient (Wildman–Crippen LogP) is 1.95. The van der Waals surface area contributed by atoms with E-state index in [2.05, 4.69) is 32.1 Å². The minimum absolute atomic E-state index is 0.0714. The van der Waals surface area contributed by atoms with E-state index in [1.165, 1.54) is 23.2 Å². The summed E-state index contributed by atoms with van der Waals surface area (Å²) in [4.78, 5) is 51.5. The molecule has 12 nitrogen and oxygen atoms in total. The summed E-state index contributed by atoms with van der Waals surface area (Å²) in [5.41, 5.74) is 7.11. The topological polar surface area (TPSA) is 152 Å². The number of piperazine rings is 1. The Bertz CT molecular complexity index is 1710. The highest BCUT2D eigenvalue weighted by atomic mass is 35.5. The number of pyridine rings is 1. The van der Waals surface area contributed by atoms with Crippen molar-refractivity contribution < 1.29 is 14.7 Å². The average Bonchev–Trinajstić information content (AvgIpc) is 3.28. The number of primary amides is 1. The molecular weight excluding hydrogens is 536 g/mol. The van der Waals surface area contributed by atoms with Crippen molar-refractivity contribution in [2.75, 3.05) is 43.4 Å². The molecule has 4 N–H and O–H groups in total. The first kappa shape index (κ1) is 27.2. The Kier molecular flexibility index (Phi) is 7.21. The normalized spacial score (nSPS) is 14.1. The molecule has 0 radical (unpaired) electrons. The molecule has 2 amide bonds. The number of aromatic hydroxyl groups is 1. The van der Waals surface area contributed by atoms with Gasteiger partial charge in [-0.2, -0.15) is 0 Å². The van der Waals surface area contributed by atoms with Crippen molar-refractivity contribution in [3.05, 3.63) is 63.4 Å². The Labute approximate surface area is 234 Å². The number of nitrogens with two attached hydrogens (primary N) is 1. The molecule has 1 fully saturated rings. The number of halogens is 1. The fraction of sp³-hybridized carbons (Fsp3) is 0.296. The Morgan fingerprint density at radius 3 is 2.55 bits per heavy atom. The first-order valence-corrected chi connectivity index (χ1v) is 13.0. The Hall–Kier alpha value is -4.42. The number of phenols is 1. The van der Waals surface area contributed by atoms with Crippen molar-refractivity contribution in [1.29, 1.82) is 0 Å². The minimum Gasteiger partial charge on any atom is -0.507 e. The van der Waals surface area contributed by atoms with Gasteiger partial charge in [0.15, 0.2) is 0 Å². The van der Waals surface area contributed by atoms with Crippen LogP contribution in [-0.2, 0) is 18.4 Å². The van der Waals surface area contributed by atoms with Gasteiger partial charge in [-0.1, -0.05) is 11.6 Å². The van der Waals surface area contributed by atoms with Gasteiger partial charge in [0.25, 0.3) is 11.5 Å². The number of nitrogens with one attached hydrogen (secondary N) is 1. The molecule has 4 aromatic rings. The van der Waals surface area contributed by atoms with E-state index in [0.717, 1.165) is 32.0 Å². The van der Waals surface area contributed by atoms with Crippen molar-refractivity contribution in [1.82, 2.24) is 24.0 Å². The van der Waals surface area contributed by atoms with E-state index in [9.17, 15) is 19.5 Å². The maximum atomic E-state index is 13.2. The minimum atomic E-state index is -0.804. The number of amides is 2. The van der Waals surface area contributed by atoms with E-state index in [0.29, 0.717) is 33.0 Å². The zero-order valence-corrected chi connectivity index (χ0v) is 23.1. The molecule has 0 unspecified atom stereocenters. The van der Waals surface area contributed by atoms with E-state index in [4.69, 9.17) is 17.3 Å². The number of hydrogen-bond donors (Lipinski definition) is 3. The molecule has 4 heterocycles. The highest BCUT2D eigenvalue weighted by Gasteiger charge is 2.21. The van der Waals surface area contributed by atoms with Gasteiger partial charge in [-0.25, -0.2) is 9.97 Å². The number of aryl methyl sites for hydroxylation is 2. The molecule has 5 rings (SSSR count). The van der Waals surface area contributed by atoms with Gasteiger partial charge in [0, 0.05) is 51.1 Å². The number of anilines is 2. The van der Waals surface area contributed by atoms with Crippen molar-refractivity contribution >= 4 is 46.0 Å². The third-order valence-electron chi connectivity index (χ3n) is 7.07. The molecule has 40 heavy (non-hydrogen) atoms. The summed E-state index contributed by atoms with van der Waals surface area (Å²) in [6.45, 7) is 4.89. The van der Waals surface area contributed by atoms with Crippen LogP contribution in [0.15, 0.2) is 41.7 Å². The van der Waals surface area contributed by atoms with Gasteiger partial charge in [0.1, 0.15) is 23.8 Å². The van der Waals surface area contributed by atoms with Crippen molar-refractivity contribution in [3.63, 3.8) is 0 Å². The Morgan fingerprint density at radius 2 is 1.85 bits per heavy atom. The van der Waals surface area contributed by atoms with Crippen LogP contribution in [0.5, 0.6) is 5.75 Å². The fourth-order valence-electron chi connectivity index (χ4n) is 4.80. The van der Waals surface area contributed by atoms with Gasteiger partial charge in [-0.3, -0.25) is 14.4 Å². The number of likely N-dealkylation sites (N-methyl/N-ethyl adjacent to an activating group) is 1. The van der Waals surface area contributed by atoms with Gasteiger partial charge >= 0.3 is 0 Å². The number of carbonyl (C=O) groups excluding carboxylic acids is 2. The second-order valence-corrected chi connectivity index (χ2v) is 10.4. The van der Waals surface area contributed by atoms with Crippen LogP contribution in [0.25, 0.3) is 22.2 Å². The lowest BCUT2D eigenvalue weighted by molar-refractivity contribution is -0.116. The van der Waals surface area contributed by atoms with Crippen LogP contribution in [0.4, 0.5) is 11.5 Å². The lowest BCUT2D eigenvalue weighted by Gasteiger charge is -2.33. The van der Waals surface area contributed by atoms with Crippen LogP contribution < -0.4 is 21.5 Å². The molecule has 0 bridgehead atoms. The van der Waals surface area contributed by atoms with E-state index in [-0.39, 0.29) is 34.7 Å².